The van der Waals surface area contributed by atoms with Crippen LogP contribution in [0, 0.1) is 0 Å². The molecule has 0 spiro atoms. The zero-order valence-corrected chi connectivity index (χ0v) is 13.3. The largest absolute Gasteiger partial charge is 0.338 e. The number of rotatable bonds is 6. The van der Waals surface area contributed by atoms with Gasteiger partial charge in [-0.3, -0.25) is 0 Å². The molecule has 2 N–H and O–H groups in total. The van der Waals surface area contributed by atoms with E-state index in [1.807, 2.05) is 40.4 Å². The summed E-state index contributed by atoms with van der Waals surface area (Å²) in [5.74, 6) is 0. The van der Waals surface area contributed by atoms with E-state index in [1.54, 1.807) is 30.1 Å². The third-order valence-electron chi connectivity index (χ3n) is 3.24. The molecule has 118 valence electrons. The summed E-state index contributed by atoms with van der Waals surface area (Å²) in [6.45, 7) is 1.44. The lowest BCUT2D eigenvalue weighted by atomic mass is 10.2. The Balaban J connectivity index is 1.47. The van der Waals surface area contributed by atoms with Gasteiger partial charge in [0.05, 0.1) is 6.33 Å². The van der Waals surface area contributed by atoms with Crippen LogP contribution in [0.15, 0.2) is 54.6 Å². The highest BCUT2D eigenvalue weighted by molar-refractivity contribution is 7.13. The summed E-state index contributed by atoms with van der Waals surface area (Å²) in [6.07, 6.45) is 8.04. The molecule has 0 aliphatic carbocycles. The monoisotopic (exact) mass is 327 g/mol. The molecule has 2 amide bonds. The van der Waals surface area contributed by atoms with E-state index in [9.17, 15) is 4.79 Å². The van der Waals surface area contributed by atoms with Crippen molar-refractivity contribution in [2.24, 2.45) is 0 Å². The van der Waals surface area contributed by atoms with Crippen molar-refractivity contribution in [1.82, 2.24) is 19.9 Å². The Bertz CT molecular complexity index is 740. The van der Waals surface area contributed by atoms with Crippen LogP contribution in [0.5, 0.6) is 0 Å². The number of carbonyl (C=O) groups is 1. The van der Waals surface area contributed by atoms with Crippen LogP contribution in [-0.4, -0.2) is 27.1 Å². The molecule has 0 fully saturated rings. The summed E-state index contributed by atoms with van der Waals surface area (Å²) in [5, 5.41) is 8.57. The minimum atomic E-state index is -0.202. The van der Waals surface area contributed by atoms with Crippen molar-refractivity contribution < 1.29 is 4.79 Å². The Hall–Kier alpha value is -2.67. The summed E-state index contributed by atoms with van der Waals surface area (Å²) in [5.41, 5.74) is 1.75. The maximum Gasteiger partial charge on any atom is 0.319 e. The Morgan fingerprint density at radius 1 is 1.30 bits per heavy atom. The zero-order valence-electron chi connectivity index (χ0n) is 12.5. The van der Waals surface area contributed by atoms with Crippen LogP contribution >= 0.6 is 11.3 Å². The van der Waals surface area contributed by atoms with E-state index >= 15 is 0 Å². The van der Waals surface area contributed by atoms with Crippen LogP contribution in [0.25, 0.3) is 10.6 Å². The van der Waals surface area contributed by atoms with E-state index in [0.717, 1.165) is 29.2 Å². The molecule has 2 heterocycles. The summed E-state index contributed by atoms with van der Waals surface area (Å²) in [6, 6.07) is 7.47. The molecule has 0 radical (unpaired) electrons. The highest BCUT2D eigenvalue weighted by atomic mass is 32.1. The van der Waals surface area contributed by atoms with Crippen LogP contribution in [0.1, 0.15) is 6.42 Å². The second-order valence-corrected chi connectivity index (χ2v) is 5.85. The Kier molecular flexibility index (Phi) is 5.00. The molecule has 3 rings (SSSR count). The minimum Gasteiger partial charge on any atom is -0.338 e. The zero-order chi connectivity index (χ0) is 15.9. The van der Waals surface area contributed by atoms with E-state index in [4.69, 9.17) is 0 Å². The van der Waals surface area contributed by atoms with Gasteiger partial charge in [0.25, 0.3) is 0 Å². The second kappa shape index (κ2) is 7.55. The number of aryl methyl sites for hydroxylation is 1. The molecule has 6 nitrogen and oxygen atoms in total. The van der Waals surface area contributed by atoms with E-state index in [2.05, 4.69) is 20.6 Å². The number of carbonyl (C=O) groups excluding carboxylic acids is 1. The summed E-state index contributed by atoms with van der Waals surface area (Å²) in [7, 11) is 0. The van der Waals surface area contributed by atoms with Crippen LogP contribution in [0.4, 0.5) is 10.5 Å². The second-order valence-electron chi connectivity index (χ2n) is 4.95. The first-order valence-electron chi connectivity index (χ1n) is 7.32. The number of amides is 2. The fourth-order valence-electron chi connectivity index (χ4n) is 2.15. The number of thiazole rings is 1. The summed E-state index contributed by atoms with van der Waals surface area (Å²) >= 11 is 1.57. The van der Waals surface area contributed by atoms with Crippen molar-refractivity contribution >= 4 is 23.1 Å². The first-order chi connectivity index (χ1) is 11.3. The predicted molar refractivity (Wildman–Crippen MR) is 91.4 cm³/mol. The van der Waals surface area contributed by atoms with Crippen LogP contribution in [0.3, 0.4) is 0 Å². The topological polar surface area (TPSA) is 71.8 Å². The van der Waals surface area contributed by atoms with Gasteiger partial charge in [-0.05, 0) is 18.6 Å². The molecule has 0 saturated heterocycles. The minimum absolute atomic E-state index is 0.202. The lowest BCUT2D eigenvalue weighted by Crippen LogP contribution is -2.30. The quantitative estimate of drug-likeness (QED) is 0.683. The third kappa shape index (κ3) is 4.40. The molecule has 0 unspecified atom stereocenters. The number of benzene rings is 1. The van der Waals surface area contributed by atoms with Crippen molar-refractivity contribution in [3.05, 3.63) is 54.6 Å². The number of anilines is 1. The van der Waals surface area contributed by atoms with Crippen LogP contribution < -0.4 is 10.6 Å². The van der Waals surface area contributed by atoms with Crippen molar-refractivity contribution in [2.75, 3.05) is 11.9 Å². The summed E-state index contributed by atoms with van der Waals surface area (Å²) in [4.78, 5) is 20.2. The van der Waals surface area contributed by atoms with E-state index in [1.165, 1.54) is 0 Å². The lowest BCUT2D eigenvalue weighted by Gasteiger charge is -2.08. The van der Waals surface area contributed by atoms with Gasteiger partial charge in [0, 0.05) is 48.3 Å². The number of imidazole rings is 1. The van der Waals surface area contributed by atoms with Crippen molar-refractivity contribution in [3.63, 3.8) is 0 Å². The Morgan fingerprint density at radius 3 is 3.04 bits per heavy atom. The van der Waals surface area contributed by atoms with E-state index in [-0.39, 0.29) is 6.03 Å². The van der Waals surface area contributed by atoms with Gasteiger partial charge in [0.2, 0.25) is 0 Å². The number of hydrogen-bond acceptors (Lipinski definition) is 4. The molecule has 0 saturated carbocycles. The number of nitrogens with one attached hydrogen (secondary N) is 2. The van der Waals surface area contributed by atoms with Gasteiger partial charge in [-0.15, -0.1) is 11.3 Å². The molecule has 0 aliphatic rings. The number of hydrogen-bond donors (Lipinski definition) is 2. The number of aromatic nitrogens is 3. The highest BCUT2D eigenvalue weighted by Gasteiger charge is 2.04. The molecular weight excluding hydrogens is 310 g/mol. The average molecular weight is 327 g/mol. The summed E-state index contributed by atoms with van der Waals surface area (Å²) < 4.78 is 1.98. The number of urea groups is 1. The molecule has 23 heavy (non-hydrogen) atoms. The van der Waals surface area contributed by atoms with Crippen molar-refractivity contribution in [2.45, 2.75) is 13.0 Å². The fraction of sp³-hybridized carbons (Fsp3) is 0.188. The fourth-order valence-corrected chi connectivity index (χ4v) is 2.79. The normalized spacial score (nSPS) is 10.4. The first kappa shape index (κ1) is 15.2. The van der Waals surface area contributed by atoms with Gasteiger partial charge in [-0.1, -0.05) is 12.1 Å². The van der Waals surface area contributed by atoms with Crippen LogP contribution in [0.2, 0.25) is 0 Å². The average Bonchev–Trinajstić information content (AvgIpc) is 3.25. The molecule has 0 bridgehead atoms. The molecule has 0 aliphatic heterocycles. The molecule has 1 aromatic carbocycles. The third-order valence-corrected chi connectivity index (χ3v) is 4.06. The maximum absolute atomic E-state index is 11.9. The first-order valence-corrected chi connectivity index (χ1v) is 8.20. The van der Waals surface area contributed by atoms with E-state index < -0.39 is 0 Å². The molecular formula is C16H17N5OS. The van der Waals surface area contributed by atoms with Crippen molar-refractivity contribution in [1.29, 1.82) is 0 Å². The molecule has 3 aromatic rings. The van der Waals surface area contributed by atoms with Gasteiger partial charge in [0.15, 0.2) is 0 Å². The van der Waals surface area contributed by atoms with Gasteiger partial charge < -0.3 is 15.2 Å². The lowest BCUT2D eigenvalue weighted by molar-refractivity contribution is 0.252. The molecule has 7 heteroatoms. The highest BCUT2D eigenvalue weighted by Crippen LogP contribution is 2.24. The van der Waals surface area contributed by atoms with Gasteiger partial charge in [-0.25, -0.2) is 14.8 Å². The Morgan fingerprint density at radius 2 is 2.26 bits per heavy atom. The SMILES string of the molecule is O=C(NCCCn1ccnc1)Nc1cccc(-c2nccs2)c1. The molecule has 2 aromatic heterocycles. The Labute approximate surface area is 138 Å². The van der Waals surface area contributed by atoms with Crippen molar-refractivity contribution in [3.8, 4) is 10.6 Å². The van der Waals surface area contributed by atoms with E-state index in [0.29, 0.717) is 6.54 Å². The number of nitrogens with zero attached hydrogens (tertiary/aromatic N) is 3. The van der Waals surface area contributed by atoms with Crippen LogP contribution in [-0.2, 0) is 6.54 Å². The smallest absolute Gasteiger partial charge is 0.319 e. The van der Waals surface area contributed by atoms with Gasteiger partial charge >= 0.3 is 6.03 Å². The van der Waals surface area contributed by atoms with Gasteiger partial charge in [-0.2, -0.15) is 0 Å². The standard InChI is InChI=1S/C16H17N5OS/c22-16(19-5-2-8-21-9-6-17-12-21)20-14-4-1-3-13(11-14)15-18-7-10-23-15/h1,3-4,6-7,9-12H,2,5,8H2,(H2,19,20,22). The van der Waals surface area contributed by atoms with Gasteiger partial charge in [0.1, 0.15) is 5.01 Å². The predicted octanol–water partition coefficient (Wildman–Crippen LogP) is 3.22. The molecule has 0 atom stereocenters. The maximum atomic E-state index is 11.9.